The van der Waals surface area contributed by atoms with Crippen LogP contribution in [0.15, 0.2) is 30.3 Å². The zero-order chi connectivity index (χ0) is 22.3. The Kier molecular flexibility index (Phi) is 5.35. The van der Waals surface area contributed by atoms with Gasteiger partial charge in [-0.2, -0.15) is 5.10 Å². The van der Waals surface area contributed by atoms with E-state index in [1.165, 1.54) is 0 Å². The van der Waals surface area contributed by atoms with Gasteiger partial charge < -0.3 is 9.72 Å². The molecular formula is C24H26N4O3. The Labute approximate surface area is 180 Å². The van der Waals surface area contributed by atoms with Gasteiger partial charge in [0.2, 0.25) is 5.78 Å². The molecule has 0 radical (unpaired) electrons. The third kappa shape index (κ3) is 3.83. The number of fused-ring (bicyclic) bond motifs is 2. The molecule has 7 heteroatoms. The molecule has 0 saturated carbocycles. The van der Waals surface area contributed by atoms with Gasteiger partial charge in [-0.1, -0.05) is 18.2 Å². The van der Waals surface area contributed by atoms with Crippen LogP contribution in [-0.4, -0.2) is 37.4 Å². The third-order valence-corrected chi connectivity index (χ3v) is 5.68. The van der Waals surface area contributed by atoms with Crippen molar-refractivity contribution in [1.29, 1.82) is 0 Å². The lowest BCUT2D eigenvalue weighted by Crippen LogP contribution is -2.25. The maximum atomic E-state index is 13.0. The largest absolute Gasteiger partial charge is 0.454 e. The van der Waals surface area contributed by atoms with Gasteiger partial charge in [0.15, 0.2) is 11.8 Å². The van der Waals surface area contributed by atoms with E-state index >= 15 is 0 Å². The number of esters is 1. The Morgan fingerprint density at radius 3 is 2.68 bits per heavy atom. The van der Waals surface area contributed by atoms with Gasteiger partial charge in [-0.25, -0.2) is 9.50 Å². The van der Waals surface area contributed by atoms with Crippen LogP contribution in [0.5, 0.6) is 0 Å². The molecular weight excluding hydrogens is 392 g/mol. The number of benzene rings is 1. The fourth-order valence-corrected chi connectivity index (χ4v) is 4.14. The minimum absolute atomic E-state index is 0.166. The fourth-order valence-electron chi connectivity index (χ4n) is 4.14. The van der Waals surface area contributed by atoms with Gasteiger partial charge in [0.1, 0.15) is 0 Å². The van der Waals surface area contributed by atoms with E-state index in [-0.39, 0.29) is 12.2 Å². The van der Waals surface area contributed by atoms with Crippen molar-refractivity contribution in [3.63, 3.8) is 0 Å². The number of carbonyl (C=O) groups excluding carboxylic acids is 2. The number of hydrogen-bond acceptors (Lipinski definition) is 5. The summed E-state index contributed by atoms with van der Waals surface area (Å²) in [6.45, 7) is 9.31. The molecule has 3 heterocycles. The Bertz CT molecular complexity index is 1320. The summed E-state index contributed by atoms with van der Waals surface area (Å²) in [5.74, 6) is -0.611. The van der Waals surface area contributed by atoms with Crippen molar-refractivity contribution >= 4 is 28.3 Å². The molecule has 1 N–H and O–H groups in total. The molecule has 0 amide bonds. The van der Waals surface area contributed by atoms with E-state index in [0.717, 1.165) is 44.9 Å². The Morgan fingerprint density at radius 2 is 1.90 bits per heavy atom. The highest BCUT2D eigenvalue weighted by molar-refractivity contribution is 6.11. The molecule has 4 aromatic rings. The van der Waals surface area contributed by atoms with E-state index in [9.17, 15) is 9.59 Å². The second-order valence-electron chi connectivity index (χ2n) is 7.98. The monoisotopic (exact) mass is 418 g/mol. The number of aromatic nitrogens is 4. The van der Waals surface area contributed by atoms with E-state index in [0.29, 0.717) is 12.0 Å². The second-order valence-corrected chi connectivity index (χ2v) is 7.98. The average molecular weight is 418 g/mol. The molecule has 1 atom stereocenters. The van der Waals surface area contributed by atoms with Crippen molar-refractivity contribution in [2.45, 2.75) is 53.6 Å². The number of ketones is 1. The predicted octanol–water partition coefficient (Wildman–Crippen LogP) is 4.19. The maximum Gasteiger partial charge on any atom is 0.306 e. The van der Waals surface area contributed by atoms with Gasteiger partial charge >= 0.3 is 5.97 Å². The minimum atomic E-state index is -0.859. The van der Waals surface area contributed by atoms with Crippen molar-refractivity contribution in [2.75, 3.05) is 0 Å². The van der Waals surface area contributed by atoms with Gasteiger partial charge in [0.05, 0.1) is 5.69 Å². The van der Waals surface area contributed by atoms with Crippen LogP contribution in [0.2, 0.25) is 0 Å². The van der Waals surface area contributed by atoms with Crippen molar-refractivity contribution in [3.05, 3.63) is 64.2 Å². The number of carbonyl (C=O) groups is 2. The highest BCUT2D eigenvalue weighted by atomic mass is 16.5. The quantitative estimate of drug-likeness (QED) is 0.375. The van der Waals surface area contributed by atoms with Gasteiger partial charge in [-0.05, 0) is 52.7 Å². The van der Waals surface area contributed by atoms with Crippen molar-refractivity contribution < 1.29 is 14.3 Å². The van der Waals surface area contributed by atoms with Crippen LogP contribution in [-0.2, 0) is 16.0 Å². The lowest BCUT2D eigenvalue weighted by Gasteiger charge is -2.14. The van der Waals surface area contributed by atoms with Crippen LogP contribution < -0.4 is 0 Å². The molecule has 1 unspecified atom stereocenters. The van der Waals surface area contributed by atoms with Crippen LogP contribution in [0.1, 0.15) is 52.0 Å². The summed E-state index contributed by atoms with van der Waals surface area (Å²) in [6.07, 6.45) is -0.215. The Hall–Kier alpha value is -3.48. The van der Waals surface area contributed by atoms with Crippen LogP contribution in [0, 0.1) is 27.7 Å². The first kappa shape index (κ1) is 20.8. The summed E-state index contributed by atoms with van der Waals surface area (Å²) in [6, 6.07) is 9.55. The molecule has 160 valence electrons. The van der Waals surface area contributed by atoms with Crippen LogP contribution in [0.3, 0.4) is 0 Å². The number of Topliss-reactive ketones (excluding diaryl/α,β-unsaturated/α-hetero) is 1. The van der Waals surface area contributed by atoms with Gasteiger partial charge in [0.25, 0.3) is 0 Å². The fraction of sp³-hybridized carbons (Fsp3) is 0.333. The first-order valence-corrected chi connectivity index (χ1v) is 10.4. The molecule has 0 bridgehead atoms. The number of H-pyrrole nitrogens is 1. The van der Waals surface area contributed by atoms with E-state index in [1.807, 2.05) is 58.0 Å². The van der Waals surface area contributed by atoms with E-state index in [2.05, 4.69) is 15.1 Å². The molecule has 1 aromatic carbocycles. The predicted molar refractivity (Wildman–Crippen MR) is 118 cm³/mol. The highest BCUT2D eigenvalue weighted by Crippen LogP contribution is 2.24. The summed E-state index contributed by atoms with van der Waals surface area (Å²) < 4.78 is 7.29. The third-order valence-electron chi connectivity index (χ3n) is 5.68. The topological polar surface area (TPSA) is 89.3 Å². The lowest BCUT2D eigenvalue weighted by atomic mass is 10.0. The first-order chi connectivity index (χ1) is 14.8. The molecule has 4 rings (SSSR count). The van der Waals surface area contributed by atoms with Crippen molar-refractivity contribution in [3.8, 4) is 0 Å². The molecule has 0 aliphatic carbocycles. The lowest BCUT2D eigenvalue weighted by molar-refractivity contribution is -0.146. The van der Waals surface area contributed by atoms with Crippen LogP contribution in [0.4, 0.5) is 0 Å². The van der Waals surface area contributed by atoms with Crippen molar-refractivity contribution in [2.24, 2.45) is 0 Å². The van der Waals surface area contributed by atoms with Gasteiger partial charge in [-0.3, -0.25) is 9.59 Å². The molecule has 0 spiro atoms. The summed E-state index contributed by atoms with van der Waals surface area (Å²) >= 11 is 0. The molecule has 0 aliphatic heterocycles. The number of aryl methyl sites for hydroxylation is 4. The molecule has 0 saturated heterocycles. The second kappa shape index (κ2) is 7.98. The smallest absolute Gasteiger partial charge is 0.306 e. The Morgan fingerprint density at radius 1 is 1.16 bits per heavy atom. The van der Waals surface area contributed by atoms with Crippen LogP contribution >= 0.6 is 0 Å². The van der Waals surface area contributed by atoms with Crippen molar-refractivity contribution in [1.82, 2.24) is 19.6 Å². The number of para-hydroxylation sites is 1. The normalized spacial score (nSPS) is 12.4. The zero-order valence-electron chi connectivity index (χ0n) is 18.4. The zero-order valence-corrected chi connectivity index (χ0v) is 18.4. The van der Waals surface area contributed by atoms with Gasteiger partial charge in [-0.15, -0.1) is 0 Å². The molecule has 3 aromatic heterocycles. The minimum Gasteiger partial charge on any atom is -0.454 e. The molecule has 0 fully saturated rings. The van der Waals surface area contributed by atoms with E-state index in [1.54, 1.807) is 11.4 Å². The summed E-state index contributed by atoms with van der Waals surface area (Å²) in [7, 11) is 0. The number of nitrogens with zero attached hydrogens (tertiary/aromatic N) is 3. The SMILES string of the molecule is Cc1cc2nc(C)c(CCC(=O)OC(C)C(=O)c3c(C)[nH]c4ccccc34)c(C)n2n1. The standard InChI is InChI=1S/C24H26N4O3/c1-13-12-21-26-14(2)18(16(4)28(21)27-13)10-11-22(29)31-17(5)24(30)23-15(3)25-20-9-7-6-8-19(20)23/h6-9,12,17,25H,10-11H2,1-5H3. The summed E-state index contributed by atoms with van der Waals surface area (Å²) in [5.41, 5.74) is 6.74. The molecule has 7 nitrogen and oxygen atoms in total. The number of nitrogens with one attached hydrogen (secondary N) is 1. The number of ether oxygens (including phenoxy) is 1. The number of rotatable bonds is 6. The van der Waals surface area contributed by atoms with E-state index < -0.39 is 12.1 Å². The first-order valence-electron chi connectivity index (χ1n) is 10.4. The van der Waals surface area contributed by atoms with Gasteiger partial charge in [0, 0.05) is 46.0 Å². The van der Waals surface area contributed by atoms with E-state index in [4.69, 9.17) is 4.74 Å². The summed E-state index contributed by atoms with van der Waals surface area (Å²) in [4.78, 5) is 33.3. The number of aromatic amines is 1. The number of hydrogen-bond donors (Lipinski definition) is 1. The summed E-state index contributed by atoms with van der Waals surface area (Å²) in [5, 5.41) is 5.31. The molecule has 31 heavy (non-hydrogen) atoms. The molecule has 0 aliphatic rings. The average Bonchev–Trinajstić information content (AvgIpc) is 3.25. The Balaban J connectivity index is 1.46. The highest BCUT2D eigenvalue weighted by Gasteiger charge is 2.24. The van der Waals surface area contributed by atoms with Crippen LogP contribution in [0.25, 0.3) is 16.6 Å². The maximum absolute atomic E-state index is 13.0.